The normalized spacial score (nSPS) is 16.3. The number of hydrogen-bond acceptors (Lipinski definition) is 5. The van der Waals surface area contributed by atoms with Crippen molar-refractivity contribution in [1.82, 2.24) is 9.97 Å². The van der Waals surface area contributed by atoms with Crippen LogP contribution in [0.4, 0.5) is 0 Å². The molecule has 0 aliphatic heterocycles. The first-order chi connectivity index (χ1) is 16.7. The number of aliphatic hydroxyl groups excluding tert-OH is 1. The number of ether oxygens (including phenoxy) is 1. The molecule has 1 fully saturated rings. The first kappa shape index (κ1) is 24.0. The number of aromatic amines is 1. The highest BCUT2D eigenvalue weighted by atomic mass is 35.5. The molecule has 9 heteroatoms. The van der Waals surface area contributed by atoms with E-state index in [1.54, 1.807) is 38.1 Å². The fourth-order valence-electron chi connectivity index (χ4n) is 4.26. The molecule has 1 saturated carbocycles. The SMILES string of the molecule is CCOP(=O)(O)c1cc(Oc2cc3nc(-c4ccc(C5(CO)CC5)cc4)c(Cl)cc3[nH]2)ccc1C. The number of H-pyrrole nitrogens is 1. The molecule has 5 rings (SSSR count). The van der Waals surface area contributed by atoms with E-state index in [0.717, 1.165) is 24.0 Å². The zero-order chi connectivity index (χ0) is 24.8. The van der Waals surface area contributed by atoms with Crippen LogP contribution < -0.4 is 10.0 Å². The Hall–Kier alpha value is -2.67. The van der Waals surface area contributed by atoms with Crippen LogP contribution >= 0.6 is 19.2 Å². The van der Waals surface area contributed by atoms with E-state index in [1.165, 1.54) is 6.07 Å². The third kappa shape index (κ3) is 4.63. The third-order valence-corrected chi connectivity index (χ3v) is 8.46. The van der Waals surface area contributed by atoms with Crippen molar-refractivity contribution in [1.29, 1.82) is 0 Å². The molecule has 35 heavy (non-hydrogen) atoms. The molecule has 1 aliphatic rings. The Morgan fingerprint density at radius 2 is 1.89 bits per heavy atom. The third-order valence-electron chi connectivity index (χ3n) is 6.48. The molecule has 0 radical (unpaired) electrons. The highest BCUT2D eigenvalue weighted by molar-refractivity contribution is 7.61. The summed E-state index contributed by atoms with van der Waals surface area (Å²) in [5, 5.41) is 10.4. The number of rotatable bonds is 8. The van der Waals surface area contributed by atoms with E-state index in [4.69, 9.17) is 25.8 Å². The lowest BCUT2D eigenvalue weighted by Crippen LogP contribution is -2.11. The van der Waals surface area contributed by atoms with Gasteiger partial charge in [0, 0.05) is 17.0 Å². The molecule has 1 unspecified atom stereocenters. The number of fused-ring (bicyclic) bond motifs is 1. The number of aryl methyl sites for hydroxylation is 1. The molecule has 182 valence electrons. The van der Waals surface area contributed by atoms with Gasteiger partial charge >= 0.3 is 7.60 Å². The number of pyridine rings is 1. The second-order valence-corrected chi connectivity index (χ2v) is 11.1. The van der Waals surface area contributed by atoms with Crippen LogP contribution in [0.5, 0.6) is 11.6 Å². The minimum atomic E-state index is -3.94. The lowest BCUT2D eigenvalue weighted by molar-refractivity contribution is 0.255. The average molecular weight is 513 g/mol. The van der Waals surface area contributed by atoms with E-state index in [1.807, 2.05) is 24.3 Å². The molecule has 0 bridgehead atoms. The second kappa shape index (κ2) is 9.08. The summed E-state index contributed by atoms with van der Waals surface area (Å²) >= 11 is 6.56. The lowest BCUT2D eigenvalue weighted by atomic mass is 9.95. The van der Waals surface area contributed by atoms with Crippen molar-refractivity contribution in [3.8, 4) is 22.9 Å². The van der Waals surface area contributed by atoms with Crippen molar-refractivity contribution in [2.45, 2.75) is 32.1 Å². The monoisotopic (exact) mass is 512 g/mol. The smallest absolute Gasteiger partial charge is 0.359 e. The van der Waals surface area contributed by atoms with Crippen LogP contribution in [0.1, 0.15) is 30.9 Å². The van der Waals surface area contributed by atoms with Gasteiger partial charge in [-0.2, -0.15) is 0 Å². The van der Waals surface area contributed by atoms with Crippen molar-refractivity contribution in [2.75, 3.05) is 13.2 Å². The summed E-state index contributed by atoms with van der Waals surface area (Å²) in [4.78, 5) is 18.1. The fourth-order valence-corrected chi connectivity index (χ4v) is 5.82. The molecule has 1 aliphatic carbocycles. The summed E-state index contributed by atoms with van der Waals surface area (Å²) in [5.41, 5.74) is 4.60. The number of nitrogens with zero attached hydrogens (tertiary/aromatic N) is 1. The number of aromatic nitrogens is 2. The summed E-state index contributed by atoms with van der Waals surface area (Å²) < 4.78 is 23.5. The van der Waals surface area contributed by atoms with Crippen LogP contribution in [0, 0.1) is 6.92 Å². The van der Waals surface area contributed by atoms with Crippen LogP contribution in [0.3, 0.4) is 0 Å². The molecule has 0 amide bonds. The van der Waals surface area contributed by atoms with Crippen LogP contribution in [-0.2, 0) is 14.5 Å². The molecule has 1 atom stereocenters. The Bertz CT molecular complexity index is 1450. The van der Waals surface area contributed by atoms with E-state index in [-0.39, 0.29) is 23.9 Å². The fraction of sp³-hybridized carbons (Fsp3) is 0.269. The molecular formula is C26H26ClN2O5P. The first-order valence-corrected chi connectivity index (χ1v) is 13.4. The van der Waals surface area contributed by atoms with Crippen LogP contribution in [0.25, 0.3) is 22.3 Å². The zero-order valence-corrected chi connectivity index (χ0v) is 21.1. The summed E-state index contributed by atoms with van der Waals surface area (Å²) in [6.07, 6.45) is 2.01. The van der Waals surface area contributed by atoms with Gasteiger partial charge in [0.25, 0.3) is 0 Å². The van der Waals surface area contributed by atoms with Crippen molar-refractivity contribution >= 4 is 35.5 Å². The summed E-state index contributed by atoms with van der Waals surface area (Å²) in [7, 11) is -3.94. The van der Waals surface area contributed by atoms with Gasteiger partial charge in [-0.15, -0.1) is 0 Å². The van der Waals surface area contributed by atoms with Crippen molar-refractivity contribution in [3.63, 3.8) is 0 Å². The Kier molecular flexibility index (Phi) is 6.24. The Labute approximate surface area is 208 Å². The highest BCUT2D eigenvalue weighted by Gasteiger charge is 2.43. The number of aliphatic hydroxyl groups is 1. The van der Waals surface area contributed by atoms with Gasteiger partial charge in [0.1, 0.15) is 5.75 Å². The summed E-state index contributed by atoms with van der Waals surface area (Å²) in [6.45, 7) is 3.70. The Morgan fingerprint density at radius 3 is 2.54 bits per heavy atom. The van der Waals surface area contributed by atoms with Gasteiger partial charge in [-0.05, 0) is 56.0 Å². The Balaban J connectivity index is 1.43. The molecule has 0 saturated heterocycles. The first-order valence-electron chi connectivity index (χ1n) is 11.4. The predicted molar refractivity (Wildman–Crippen MR) is 137 cm³/mol. The van der Waals surface area contributed by atoms with E-state index in [2.05, 4.69) is 4.98 Å². The second-order valence-electron chi connectivity index (χ2n) is 8.89. The lowest BCUT2D eigenvalue weighted by Gasteiger charge is -2.14. The predicted octanol–water partition coefficient (Wildman–Crippen LogP) is 5.86. The molecular weight excluding hydrogens is 487 g/mol. The average Bonchev–Trinajstić information content (AvgIpc) is 3.54. The number of hydrogen-bond donors (Lipinski definition) is 3. The van der Waals surface area contributed by atoms with Crippen LogP contribution in [0.15, 0.2) is 54.6 Å². The van der Waals surface area contributed by atoms with E-state index in [0.29, 0.717) is 38.9 Å². The molecule has 2 aromatic heterocycles. The molecule has 2 aromatic carbocycles. The number of benzene rings is 2. The van der Waals surface area contributed by atoms with E-state index >= 15 is 0 Å². The standard InChI is InChI=1S/C26H26ClN2O5P/c1-3-33-35(31,32)23-12-19(9-4-16(23)2)34-24-14-22-21(28-24)13-20(27)25(29-22)17-5-7-18(8-6-17)26(15-30)10-11-26/h4-9,12-14,28,30H,3,10-11,15H2,1-2H3,(H,31,32). The largest absolute Gasteiger partial charge is 0.441 e. The van der Waals surface area contributed by atoms with Gasteiger partial charge in [-0.25, -0.2) is 4.98 Å². The topological polar surface area (TPSA) is 105 Å². The van der Waals surface area contributed by atoms with E-state index < -0.39 is 7.60 Å². The molecule has 2 heterocycles. The number of nitrogens with one attached hydrogen (secondary N) is 1. The highest BCUT2D eigenvalue weighted by Crippen LogP contribution is 2.48. The van der Waals surface area contributed by atoms with Crippen molar-refractivity contribution in [2.24, 2.45) is 0 Å². The van der Waals surface area contributed by atoms with Gasteiger partial charge in [0.05, 0.1) is 40.3 Å². The van der Waals surface area contributed by atoms with Crippen LogP contribution in [-0.4, -0.2) is 33.2 Å². The molecule has 3 N–H and O–H groups in total. The van der Waals surface area contributed by atoms with Crippen molar-refractivity contribution in [3.05, 3.63) is 70.7 Å². The Morgan fingerprint density at radius 1 is 1.14 bits per heavy atom. The van der Waals surface area contributed by atoms with Crippen LogP contribution in [0.2, 0.25) is 5.02 Å². The quantitative estimate of drug-likeness (QED) is 0.256. The maximum Gasteiger partial charge on any atom is 0.359 e. The molecule has 0 spiro atoms. The summed E-state index contributed by atoms with van der Waals surface area (Å²) in [5.74, 6) is 0.819. The van der Waals surface area contributed by atoms with Gasteiger partial charge < -0.3 is 24.2 Å². The van der Waals surface area contributed by atoms with Gasteiger partial charge in [-0.3, -0.25) is 4.57 Å². The van der Waals surface area contributed by atoms with E-state index in [9.17, 15) is 14.6 Å². The van der Waals surface area contributed by atoms with Gasteiger partial charge in [-0.1, -0.05) is 41.9 Å². The zero-order valence-electron chi connectivity index (χ0n) is 19.4. The molecule has 4 aromatic rings. The molecule has 7 nitrogen and oxygen atoms in total. The number of halogens is 1. The minimum absolute atomic E-state index is 0.0884. The van der Waals surface area contributed by atoms with Gasteiger partial charge in [0.2, 0.25) is 0 Å². The van der Waals surface area contributed by atoms with Crippen molar-refractivity contribution < 1.29 is 23.8 Å². The van der Waals surface area contributed by atoms with Gasteiger partial charge in [0.15, 0.2) is 5.88 Å². The maximum absolute atomic E-state index is 12.5. The summed E-state index contributed by atoms with van der Waals surface area (Å²) in [6, 6.07) is 16.5. The maximum atomic E-state index is 12.5. The minimum Gasteiger partial charge on any atom is -0.441 e.